The molecule has 0 N–H and O–H groups in total. The molecule has 0 unspecified atom stereocenters. The highest BCUT2D eigenvalue weighted by molar-refractivity contribution is 8.13. The fourth-order valence-electron chi connectivity index (χ4n) is 2.20. The Balaban J connectivity index is 1.82. The lowest BCUT2D eigenvalue weighted by atomic mass is 10.2. The summed E-state index contributed by atoms with van der Waals surface area (Å²) in [5.74, 6) is 0.660. The van der Waals surface area contributed by atoms with Crippen molar-refractivity contribution in [3.8, 4) is 0 Å². The molecule has 0 saturated heterocycles. The van der Waals surface area contributed by atoms with E-state index in [0.29, 0.717) is 65.2 Å². The van der Waals surface area contributed by atoms with Crippen molar-refractivity contribution in [3.63, 3.8) is 0 Å². The van der Waals surface area contributed by atoms with Crippen molar-refractivity contribution >= 4 is 27.0 Å². The van der Waals surface area contributed by atoms with Gasteiger partial charge in [-0.2, -0.15) is 8.42 Å². The van der Waals surface area contributed by atoms with Crippen LogP contribution in [0.2, 0.25) is 0 Å². The van der Waals surface area contributed by atoms with Gasteiger partial charge in [-0.25, -0.2) is 0 Å². The van der Waals surface area contributed by atoms with Crippen LogP contribution in [-0.4, -0.2) is 92.0 Å². The van der Waals surface area contributed by atoms with E-state index in [1.54, 1.807) is 12.1 Å². The molecule has 0 aliphatic carbocycles. The second kappa shape index (κ2) is 18.4. The van der Waals surface area contributed by atoms with Crippen LogP contribution in [0.5, 0.6) is 0 Å². The number of aryl methyl sites for hydroxylation is 1. The third-order valence-corrected chi connectivity index (χ3v) is 5.90. The van der Waals surface area contributed by atoms with Crippen LogP contribution in [0.4, 0.5) is 0 Å². The molecule has 0 bridgehead atoms. The van der Waals surface area contributed by atoms with Gasteiger partial charge in [-0.1, -0.05) is 29.5 Å². The number of carbonyl (C=O) groups is 1. The summed E-state index contributed by atoms with van der Waals surface area (Å²) in [6.45, 7) is 7.55. The molecular formula is C21H34O9S2. The predicted octanol–water partition coefficient (Wildman–Crippen LogP) is 2.06. The van der Waals surface area contributed by atoms with E-state index in [9.17, 15) is 13.2 Å². The van der Waals surface area contributed by atoms with Crippen molar-refractivity contribution < 1.29 is 41.1 Å². The third-order valence-electron chi connectivity index (χ3n) is 3.80. The smallest absolute Gasteiger partial charge is 0.297 e. The zero-order chi connectivity index (χ0) is 23.5. The van der Waals surface area contributed by atoms with Gasteiger partial charge >= 0.3 is 0 Å². The Morgan fingerprint density at radius 2 is 1.12 bits per heavy atom. The van der Waals surface area contributed by atoms with Gasteiger partial charge in [0.25, 0.3) is 10.1 Å². The van der Waals surface area contributed by atoms with Gasteiger partial charge in [-0.05, 0) is 19.1 Å². The lowest BCUT2D eigenvalue weighted by Gasteiger charge is -2.08. The number of carbonyl (C=O) groups excluding carboxylic acids is 1. The molecule has 9 nitrogen and oxygen atoms in total. The molecule has 0 aliphatic rings. The fourth-order valence-corrected chi connectivity index (χ4v) is 3.58. The van der Waals surface area contributed by atoms with Crippen LogP contribution in [0.25, 0.3) is 0 Å². The van der Waals surface area contributed by atoms with Gasteiger partial charge in [0.2, 0.25) is 0 Å². The van der Waals surface area contributed by atoms with Crippen LogP contribution >= 0.6 is 11.8 Å². The Labute approximate surface area is 195 Å². The SMILES string of the molecule is CC(=O)SCCOCCOCCOCCOCCOCCOS(=O)(=O)c1ccc(C)cc1. The normalized spacial score (nSPS) is 11.7. The molecule has 0 spiro atoms. The molecule has 0 aromatic heterocycles. The minimum atomic E-state index is -3.76. The predicted molar refractivity (Wildman–Crippen MR) is 122 cm³/mol. The first-order valence-electron chi connectivity index (χ1n) is 10.4. The number of thioether (sulfide) groups is 1. The summed E-state index contributed by atoms with van der Waals surface area (Å²) in [6.07, 6.45) is 0. The van der Waals surface area contributed by atoms with Crippen LogP contribution in [0.3, 0.4) is 0 Å². The maximum atomic E-state index is 12.0. The first-order chi connectivity index (χ1) is 15.4. The summed E-state index contributed by atoms with van der Waals surface area (Å²) >= 11 is 1.25. The highest BCUT2D eigenvalue weighted by atomic mass is 32.2. The van der Waals surface area contributed by atoms with Crippen molar-refractivity contribution in [1.29, 1.82) is 0 Å². The van der Waals surface area contributed by atoms with Crippen LogP contribution in [-0.2, 0) is 42.8 Å². The van der Waals surface area contributed by atoms with Gasteiger partial charge in [-0.3, -0.25) is 8.98 Å². The topological polar surface area (TPSA) is 107 Å². The van der Waals surface area contributed by atoms with E-state index < -0.39 is 10.1 Å². The molecule has 184 valence electrons. The minimum Gasteiger partial charge on any atom is -0.378 e. The number of hydrogen-bond donors (Lipinski definition) is 0. The van der Waals surface area contributed by atoms with Gasteiger partial charge in [0.15, 0.2) is 5.12 Å². The van der Waals surface area contributed by atoms with E-state index in [-0.39, 0.29) is 23.2 Å². The van der Waals surface area contributed by atoms with Crippen molar-refractivity contribution in [1.82, 2.24) is 0 Å². The maximum Gasteiger partial charge on any atom is 0.297 e. The second-order valence-electron chi connectivity index (χ2n) is 6.49. The van der Waals surface area contributed by atoms with Crippen LogP contribution in [0, 0.1) is 6.92 Å². The lowest BCUT2D eigenvalue weighted by Crippen LogP contribution is -2.15. The highest BCUT2D eigenvalue weighted by Gasteiger charge is 2.14. The fraction of sp³-hybridized carbons (Fsp3) is 0.667. The van der Waals surface area contributed by atoms with Gasteiger partial charge in [0.1, 0.15) is 0 Å². The zero-order valence-corrected chi connectivity index (χ0v) is 20.4. The molecular weight excluding hydrogens is 460 g/mol. The summed E-state index contributed by atoms with van der Waals surface area (Å²) in [7, 11) is -3.76. The van der Waals surface area contributed by atoms with Crippen LogP contribution in [0.15, 0.2) is 29.2 Å². The number of ether oxygens (including phenoxy) is 5. The lowest BCUT2D eigenvalue weighted by molar-refractivity contribution is -0.109. The standard InChI is InChI=1S/C21H34O9S2/c1-19-3-5-21(6-4-19)32(23,24)30-16-15-28-12-11-26-8-7-25-9-10-27-13-14-29-17-18-31-20(2)22/h3-6H,7-18H2,1-2H3. The first kappa shape index (κ1) is 29.0. The minimum absolute atomic E-state index is 0.0538. The summed E-state index contributed by atoms with van der Waals surface area (Å²) in [5.41, 5.74) is 0.977. The molecule has 32 heavy (non-hydrogen) atoms. The van der Waals surface area contributed by atoms with Gasteiger partial charge in [-0.15, -0.1) is 0 Å². The quantitative estimate of drug-likeness (QED) is 0.197. The van der Waals surface area contributed by atoms with E-state index in [2.05, 4.69) is 0 Å². The largest absolute Gasteiger partial charge is 0.378 e. The maximum absolute atomic E-state index is 12.0. The number of benzene rings is 1. The molecule has 0 atom stereocenters. The Hall–Kier alpha value is -1.05. The van der Waals surface area contributed by atoms with Crippen LogP contribution < -0.4 is 0 Å². The van der Waals surface area contributed by atoms with E-state index >= 15 is 0 Å². The molecule has 11 heteroatoms. The third kappa shape index (κ3) is 15.7. The zero-order valence-electron chi connectivity index (χ0n) is 18.8. The number of rotatable bonds is 20. The van der Waals surface area contributed by atoms with Crippen molar-refractivity contribution in [2.24, 2.45) is 0 Å². The van der Waals surface area contributed by atoms with Crippen LogP contribution in [0.1, 0.15) is 12.5 Å². The summed E-state index contributed by atoms with van der Waals surface area (Å²) in [4.78, 5) is 10.9. The highest BCUT2D eigenvalue weighted by Crippen LogP contribution is 2.12. The van der Waals surface area contributed by atoms with Gasteiger partial charge in [0, 0.05) is 12.7 Å². The average Bonchev–Trinajstić information content (AvgIpc) is 2.75. The Morgan fingerprint density at radius 3 is 1.56 bits per heavy atom. The van der Waals surface area contributed by atoms with E-state index in [1.807, 2.05) is 6.92 Å². The van der Waals surface area contributed by atoms with Crippen molar-refractivity contribution in [2.75, 3.05) is 78.4 Å². The Kier molecular flexibility index (Phi) is 16.7. The second-order valence-corrected chi connectivity index (χ2v) is 9.38. The van der Waals surface area contributed by atoms with Gasteiger partial charge < -0.3 is 23.7 Å². The number of hydrogen-bond acceptors (Lipinski definition) is 10. The van der Waals surface area contributed by atoms with E-state index in [0.717, 1.165) is 5.56 Å². The molecule has 0 saturated carbocycles. The van der Waals surface area contributed by atoms with E-state index in [4.69, 9.17) is 27.9 Å². The molecule has 0 amide bonds. The summed E-state index contributed by atoms with van der Waals surface area (Å²) in [5, 5.41) is 0.0929. The monoisotopic (exact) mass is 494 g/mol. The molecule has 1 rings (SSSR count). The average molecular weight is 495 g/mol. The summed E-state index contributed by atoms with van der Waals surface area (Å²) in [6, 6.07) is 6.47. The molecule has 0 aliphatic heterocycles. The Bertz CT molecular complexity index is 708. The van der Waals surface area contributed by atoms with Crippen molar-refractivity contribution in [3.05, 3.63) is 29.8 Å². The molecule has 0 fully saturated rings. The van der Waals surface area contributed by atoms with E-state index in [1.165, 1.54) is 30.8 Å². The molecule has 0 radical (unpaired) electrons. The Morgan fingerprint density at radius 1 is 0.719 bits per heavy atom. The molecule has 1 aromatic carbocycles. The summed E-state index contributed by atoms with van der Waals surface area (Å²) < 4.78 is 55.7. The first-order valence-corrected chi connectivity index (χ1v) is 12.8. The van der Waals surface area contributed by atoms with Gasteiger partial charge in [0.05, 0.1) is 77.6 Å². The molecule has 0 heterocycles. The van der Waals surface area contributed by atoms with Crippen molar-refractivity contribution in [2.45, 2.75) is 18.7 Å². The molecule has 1 aromatic rings.